The van der Waals surface area contributed by atoms with Crippen LogP contribution in [-0.2, 0) is 6.54 Å². The summed E-state index contributed by atoms with van der Waals surface area (Å²) in [5.41, 5.74) is 0.923. The van der Waals surface area contributed by atoms with Crippen molar-refractivity contribution in [1.29, 1.82) is 0 Å². The molecule has 2 amide bonds. The molecule has 1 fully saturated rings. The summed E-state index contributed by atoms with van der Waals surface area (Å²) in [6.45, 7) is 6.84. The Bertz CT molecular complexity index is 497. The van der Waals surface area contributed by atoms with Crippen molar-refractivity contribution in [1.82, 2.24) is 10.2 Å². The number of piperidine rings is 1. The summed E-state index contributed by atoms with van der Waals surface area (Å²) in [5.74, 6) is 2.13. The molecular weight excluding hydrogens is 292 g/mol. The average molecular weight is 320 g/mol. The van der Waals surface area contributed by atoms with E-state index in [4.69, 9.17) is 9.84 Å². The molecule has 5 nitrogen and oxygen atoms in total. The number of aliphatic hydroxyl groups is 1. The second kappa shape index (κ2) is 8.77. The van der Waals surface area contributed by atoms with Gasteiger partial charge in [0.15, 0.2) is 0 Å². The van der Waals surface area contributed by atoms with Crippen molar-refractivity contribution in [2.45, 2.75) is 33.2 Å². The summed E-state index contributed by atoms with van der Waals surface area (Å²) in [4.78, 5) is 14.2. The maximum Gasteiger partial charge on any atom is 0.317 e. The molecule has 23 heavy (non-hydrogen) atoms. The minimum atomic E-state index is -0.0223. The van der Waals surface area contributed by atoms with Crippen LogP contribution < -0.4 is 10.1 Å². The molecule has 1 saturated heterocycles. The number of aliphatic hydroxyl groups excluding tert-OH is 1. The van der Waals surface area contributed by atoms with Crippen molar-refractivity contribution in [2.75, 3.05) is 26.3 Å². The van der Waals surface area contributed by atoms with E-state index in [-0.39, 0.29) is 19.2 Å². The first kappa shape index (κ1) is 17.6. The molecule has 1 aliphatic rings. The number of benzene rings is 1. The van der Waals surface area contributed by atoms with Crippen LogP contribution in [0, 0.1) is 11.8 Å². The van der Waals surface area contributed by atoms with E-state index in [1.807, 2.05) is 29.2 Å². The van der Waals surface area contributed by atoms with Crippen LogP contribution in [0.5, 0.6) is 5.75 Å². The van der Waals surface area contributed by atoms with Crippen molar-refractivity contribution >= 4 is 6.03 Å². The zero-order valence-corrected chi connectivity index (χ0v) is 14.1. The second-order valence-electron chi connectivity index (χ2n) is 6.41. The summed E-state index contributed by atoms with van der Waals surface area (Å²) >= 11 is 0. The number of carbonyl (C=O) groups excluding carboxylic acids is 1. The minimum absolute atomic E-state index is 0.0100. The topological polar surface area (TPSA) is 61.8 Å². The van der Waals surface area contributed by atoms with Crippen molar-refractivity contribution in [3.63, 3.8) is 0 Å². The van der Waals surface area contributed by atoms with E-state index in [0.29, 0.717) is 18.2 Å². The molecule has 5 heteroatoms. The highest BCUT2D eigenvalue weighted by atomic mass is 16.5. The van der Waals surface area contributed by atoms with Gasteiger partial charge in [0.2, 0.25) is 0 Å². The van der Waals surface area contributed by atoms with Crippen LogP contribution in [0.2, 0.25) is 0 Å². The summed E-state index contributed by atoms with van der Waals surface area (Å²) in [6, 6.07) is 7.57. The smallest absolute Gasteiger partial charge is 0.317 e. The largest absolute Gasteiger partial charge is 0.491 e. The van der Waals surface area contributed by atoms with Gasteiger partial charge in [-0.1, -0.05) is 32.0 Å². The first-order valence-corrected chi connectivity index (χ1v) is 8.46. The molecule has 0 atom stereocenters. The van der Waals surface area contributed by atoms with Crippen molar-refractivity contribution in [3.8, 4) is 5.75 Å². The molecule has 2 N–H and O–H groups in total. The van der Waals surface area contributed by atoms with Crippen LogP contribution in [0.3, 0.4) is 0 Å². The fourth-order valence-corrected chi connectivity index (χ4v) is 3.00. The molecule has 0 aliphatic carbocycles. The van der Waals surface area contributed by atoms with E-state index in [9.17, 15) is 4.79 Å². The highest BCUT2D eigenvalue weighted by Gasteiger charge is 2.24. The monoisotopic (exact) mass is 320 g/mol. The third-order valence-electron chi connectivity index (χ3n) is 4.52. The fourth-order valence-electron chi connectivity index (χ4n) is 3.00. The second-order valence-corrected chi connectivity index (χ2v) is 6.41. The van der Waals surface area contributed by atoms with Crippen LogP contribution in [0.15, 0.2) is 24.3 Å². The van der Waals surface area contributed by atoms with E-state index < -0.39 is 0 Å². The highest BCUT2D eigenvalue weighted by molar-refractivity contribution is 5.74. The zero-order valence-electron chi connectivity index (χ0n) is 14.1. The lowest BCUT2D eigenvalue weighted by atomic mass is 9.87. The number of urea groups is 1. The summed E-state index contributed by atoms with van der Waals surface area (Å²) < 4.78 is 5.49. The highest BCUT2D eigenvalue weighted by Crippen LogP contribution is 2.24. The summed E-state index contributed by atoms with van der Waals surface area (Å²) in [7, 11) is 0. The molecule has 1 aliphatic heterocycles. The average Bonchev–Trinajstić information content (AvgIpc) is 2.58. The van der Waals surface area contributed by atoms with E-state index in [1.165, 1.54) is 0 Å². The molecule has 128 valence electrons. The maximum atomic E-state index is 12.3. The standard InChI is InChI=1S/C18H28N2O3/c1-14(2)15-7-9-20(10-8-15)18(22)19-13-16-5-3-4-6-17(16)23-12-11-21/h3-6,14-15,21H,7-13H2,1-2H3,(H,19,22). The zero-order chi connectivity index (χ0) is 16.7. The van der Waals surface area contributed by atoms with Crippen molar-refractivity contribution in [2.24, 2.45) is 11.8 Å². The number of nitrogens with one attached hydrogen (secondary N) is 1. The Balaban J connectivity index is 1.83. The first-order valence-electron chi connectivity index (χ1n) is 8.46. The van der Waals surface area contributed by atoms with Crippen LogP contribution in [0.4, 0.5) is 4.79 Å². The molecule has 1 heterocycles. The Labute approximate surface area is 138 Å². The molecular formula is C18H28N2O3. The fraction of sp³-hybridized carbons (Fsp3) is 0.611. The number of para-hydroxylation sites is 1. The quantitative estimate of drug-likeness (QED) is 0.847. The van der Waals surface area contributed by atoms with Crippen LogP contribution >= 0.6 is 0 Å². The minimum Gasteiger partial charge on any atom is -0.491 e. The van der Waals surface area contributed by atoms with Gasteiger partial charge in [-0.2, -0.15) is 0 Å². The third kappa shape index (κ3) is 5.13. The normalized spacial score (nSPS) is 15.7. The molecule has 0 saturated carbocycles. The van der Waals surface area contributed by atoms with Gasteiger partial charge in [-0.15, -0.1) is 0 Å². The van der Waals surface area contributed by atoms with Gasteiger partial charge in [0, 0.05) is 25.2 Å². The molecule has 0 unspecified atom stereocenters. The number of ether oxygens (including phenoxy) is 1. The number of nitrogens with zero attached hydrogens (tertiary/aromatic N) is 1. The van der Waals surface area contributed by atoms with Gasteiger partial charge in [0.25, 0.3) is 0 Å². The molecule has 2 rings (SSSR count). The number of rotatable bonds is 6. The van der Waals surface area contributed by atoms with Crippen molar-refractivity contribution < 1.29 is 14.6 Å². The molecule has 0 bridgehead atoms. The lowest BCUT2D eigenvalue weighted by Crippen LogP contribution is -2.44. The Hall–Kier alpha value is -1.75. The van der Waals surface area contributed by atoms with Gasteiger partial charge in [-0.25, -0.2) is 4.79 Å². The van der Waals surface area contributed by atoms with Crippen LogP contribution in [-0.4, -0.2) is 42.3 Å². The van der Waals surface area contributed by atoms with E-state index in [1.54, 1.807) is 0 Å². The molecule has 0 spiro atoms. The lowest BCUT2D eigenvalue weighted by molar-refractivity contribution is 0.156. The van der Waals surface area contributed by atoms with Gasteiger partial charge < -0.3 is 20.1 Å². The SMILES string of the molecule is CC(C)C1CCN(C(=O)NCc2ccccc2OCCO)CC1. The van der Waals surface area contributed by atoms with Gasteiger partial charge in [-0.3, -0.25) is 0 Å². The molecule has 0 aromatic heterocycles. The Kier molecular flexibility index (Phi) is 6.71. The van der Waals surface area contributed by atoms with E-state index >= 15 is 0 Å². The summed E-state index contributed by atoms with van der Waals surface area (Å²) in [6.07, 6.45) is 2.17. The summed E-state index contributed by atoms with van der Waals surface area (Å²) in [5, 5.41) is 11.8. The number of carbonyl (C=O) groups is 1. The predicted molar refractivity (Wildman–Crippen MR) is 90.4 cm³/mol. The van der Waals surface area contributed by atoms with E-state index in [2.05, 4.69) is 19.2 Å². The van der Waals surface area contributed by atoms with Gasteiger partial charge in [-0.05, 0) is 30.7 Å². The van der Waals surface area contributed by atoms with E-state index in [0.717, 1.165) is 37.4 Å². The maximum absolute atomic E-state index is 12.3. The molecule has 1 aromatic rings. The third-order valence-corrected chi connectivity index (χ3v) is 4.52. The Morgan fingerprint density at radius 3 is 2.70 bits per heavy atom. The van der Waals surface area contributed by atoms with Crippen molar-refractivity contribution in [3.05, 3.63) is 29.8 Å². The van der Waals surface area contributed by atoms with Crippen LogP contribution in [0.25, 0.3) is 0 Å². The molecule has 1 aromatic carbocycles. The predicted octanol–water partition coefficient (Wildman–Crippen LogP) is 2.64. The Morgan fingerprint density at radius 1 is 1.35 bits per heavy atom. The number of hydrogen-bond donors (Lipinski definition) is 2. The van der Waals surface area contributed by atoms with Crippen LogP contribution in [0.1, 0.15) is 32.3 Å². The number of amides is 2. The van der Waals surface area contributed by atoms with Gasteiger partial charge in [0.05, 0.1) is 6.61 Å². The molecule has 0 radical (unpaired) electrons. The Morgan fingerprint density at radius 2 is 2.04 bits per heavy atom. The van der Waals surface area contributed by atoms with Gasteiger partial charge >= 0.3 is 6.03 Å². The number of likely N-dealkylation sites (tertiary alicyclic amines) is 1. The number of hydrogen-bond acceptors (Lipinski definition) is 3. The van der Waals surface area contributed by atoms with Gasteiger partial charge in [0.1, 0.15) is 12.4 Å². The lowest BCUT2D eigenvalue weighted by Gasteiger charge is -2.33. The first-order chi connectivity index (χ1) is 11.1.